The molecule has 4 nitrogen and oxygen atoms in total. The lowest BCUT2D eigenvalue weighted by Crippen LogP contribution is -2.35. The van der Waals surface area contributed by atoms with Crippen LogP contribution in [-0.2, 0) is 11.2 Å². The van der Waals surface area contributed by atoms with Crippen LogP contribution in [0.3, 0.4) is 0 Å². The van der Waals surface area contributed by atoms with E-state index >= 15 is 0 Å². The molecule has 0 fully saturated rings. The van der Waals surface area contributed by atoms with E-state index in [-0.39, 0.29) is 0 Å². The van der Waals surface area contributed by atoms with Crippen LogP contribution in [0.1, 0.15) is 18.9 Å². The average molecular weight is 248 g/mol. The number of methoxy groups -OCH3 is 1. The van der Waals surface area contributed by atoms with E-state index in [1.807, 2.05) is 30.3 Å². The van der Waals surface area contributed by atoms with Gasteiger partial charge in [0.1, 0.15) is 11.3 Å². The van der Waals surface area contributed by atoms with Crippen molar-refractivity contribution in [3.8, 4) is 11.8 Å². The fraction of sp³-hybridized carbons (Fsp3) is 0.500. The van der Waals surface area contributed by atoms with Crippen LogP contribution in [0.15, 0.2) is 24.3 Å². The van der Waals surface area contributed by atoms with Crippen molar-refractivity contribution < 1.29 is 9.47 Å². The molecule has 0 amide bonds. The third-order valence-corrected chi connectivity index (χ3v) is 2.66. The maximum Gasteiger partial charge on any atom is 0.119 e. The van der Waals surface area contributed by atoms with Crippen molar-refractivity contribution in [2.24, 2.45) is 5.73 Å². The van der Waals surface area contributed by atoms with E-state index in [1.54, 1.807) is 14.0 Å². The molecule has 0 radical (unpaired) electrons. The number of benzene rings is 1. The third-order valence-electron chi connectivity index (χ3n) is 2.66. The molecule has 0 aliphatic rings. The highest BCUT2D eigenvalue weighted by atomic mass is 16.5. The van der Waals surface area contributed by atoms with E-state index < -0.39 is 5.54 Å². The minimum absolute atomic E-state index is 0.442. The number of ether oxygens (including phenoxy) is 2. The van der Waals surface area contributed by atoms with Gasteiger partial charge in [-0.1, -0.05) is 12.1 Å². The number of rotatable bonds is 7. The maximum atomic E-state index is 8.77. The molecule has 4 heteroatoms. The standard InChI is InChI=1S/C14H20N2O2/c1-14(16,11-15)8-10-18-13-5-3-12(4-6-13)7-9-17-2/h3-6H,7-10,16H2,1-2H3. The largest absolute Gasteiger partial charge is 0.493 e. The summed E-state index contributed by atoms with van der Waals surface area (Å²) in [5, 5.41) is 8.77. The molecule has 98 valence electrons. The second-order valence-corrected chi connectivity index (χ2v) is 4.51. The van der Waals surface area contributed by atoms with Gasteiger partial charge in [0, 0.05) is 13.5 Å². The Bertz CT molecular complexity index is 393. The van der Waals surface area contributed by atoms with Crippen molar-refractivity contribution in [3.05, 3.63) is 29.8 Å². The maximum absolute atomic E-state index is 8.77. The Morgan fingerprint density at radius 1 is 1.28 bits per heavy atom. The number of hydrogen-bond donors (Lipinski definition) is 1. The first kappa shape index (κ1) is 14.5. The number of hydrogen-bond acceptors (Lipinski definition) is 4. The highest BCUT2D eigenvalue weighted by Crippen LogP contribution is 2.14. The molecule has 1 rings (SSSR count). The van der Waals surface area contributed by atoms with E-state index in [2.05, 4.69) is 0 Å². The zero-order chi connectivity index (χ0) is 13.4. The Labute approximate surface area is 108 Å². The van der Waals surface area contributed by atoms with Crippen molar-refractivity contribution in [2.75, 3.05) is 20.3 Å². The normalized spacial score (nSPS) is 13.7. The Morgan fingerprint density at radius 2 is 1.94 bits per heavy atom. The summed E-state index contributed by atoms with van der Waals surface area (Å²) in [4.78, 5) is 0. The van der Waals surface area contributed by atoms with Crippen LogP contribution in [0.5, 0.6) is 5.75 Å². The fourth-order valence-corrected chi connectivity index (χ4v) is 1.41. The topological polar surface area (TPSA) is 68.3 Å². The first-order valence-electron chi connectivity index (χ1n) is 5.98. The summed E-state index contributed by atoms with van der Waals surface area (Å²) in [5.41, 5.74) is 6.10. The van der Waals surface area contributed by atoms with Gasteiger partial charge in [0.15, 0.2) is 0 Å². The molecule has 0 aliphatic carbocycles. The van der Waals surface area contributed by atoms with E-state index in [1.165, 1.54) is 5.56 Å². The lowest BCUT2D eigenvalue weighted by molar-refractivity contribution is 0.202. The summed E-state index contributed by atoms with van der Waals surface area (Å²) in [6.45, 7) is 2.86. The Hall–Kier alpha value is -1.57. The number of nitrogens with two attached hydrogens (primary N) is 1. The van der Waals surface area contributed by atoms with E-state index in [0.717, 1.165) is 12.2 Å². The van der Waals surface area contributed by atoms with Crippen LogP contribution >= 0.6 is 0 Å². The molecular weight excluding hydrogens is 228 g/mol. The van der Waals surface area contributed by atoms with Gasteiger partial charge >= 0.3 is 0 Å². The third kappa shape index (κ3) is 5.17. The summed E-state index contributed by atoms with van der Waals surface area (Å²) in [6, 6.07) is 9.92. The van der Waals surface area contributed by atoms with E-state index in [0.29, 0.717) is 19.6 Å². The Morgan fingerprint density at radius 3 is 2.50 bits per heavy atom. The fourth-order valence-electron chi connectivity index (χ4n) is 1.41. The molecule has 1 unspecified atom stereocenters. The van der Waals surface area contributed by atoms with Gasteiger partial charge in [-0.05, 0) is 31.0 Å². The summed E-state index contributed by atoms with van der Waals surface area (Å²) in [7, 11) is 1.69. The summed E-state index contributed by atoms with van der Waals surface area (Å²) >= 11 is 0. The molecule has 0 spiro atoms. The lowest BCUT2D eigenvalue weighted by Gasteiger charge is -2.15. The van der Waals surface area contributed by atoms with Gasteiger partial charge in [-0.25, -0.2) is 0 Å². The summed E-state index contributed by atoms with van der Waals surface area (Å²) in [6.07, 6.45) is 1.40. The van der Waals surface area contributed by atoms with Gasteiger partial charge in [-0.2, -0.15) is 5.26 Å². The molecule has 1 aromatic carbocycles. The van der Waals surface area contributed by atoms with Crippen molar-refractivity contribution in [3.63, 3.8) is 0 Å². The quantitative estimate of drug-likeness (QED) is 0.800. The molecular formula is C14H20N2O2. The van der Waals surface area contributed by atoms with Crippen LogP contribution in [0, 0.1) is 11.3 Å². The molecule has 2 N–H and O–H groups in total. The molecule has 0 aliphatic heterocycles. The van der Waals surface area contributed by atoms with Crippen LogP contribution < -0.4 is 10.5 Å². The van der Waals surface area contributed by atoms with Crippen molar-refractivity contribution in [2.45, 2.75) is 25.3 Å². The average Bonchev–Trinajstić information content (AvgIpc) is 2.38. The van der Waals surface area contributed by atoms with Crippen molar-refractivity contribution in [1.29, 1.82) is 5.26 Å². The predicted molar refractivity (Wildman–Crippen MR) is 70.3 cm³/mol. The molecule has 1 atom stereocenters. The van der Waals surface area contributed by atoms with Crippen molar-refractivity contribution >= 4 is 0 Å². The summed E-state index contributed by atoms with van der Waals surface area (Å²) < 4.78 is 10.6. The van der Waals surface area contributed by atoms with E-state index in [9.17, 15) is 0 Å². The van der Waals surface area contributed by atoms with Gasteiger partial charge in [0.2, 0.25) is 0 Å². The monoisotopic (exact) mass is 248 g/mol. The Kier molecular flexibility index (Phi) is 5.63. The smallest absolute Gasteiger partial charge is 0.119 e. The van der Waals surface area contributed by atoms with Crippen molar-refractivity contribution in [1.82, 2.24) is 0 Å². The first-order chi connectivity index (χ1) is 8.57. The van der Waals surface area contributed by atoms with Gasteiger partial charge in [-0.3, -0.25) is 0 Å². The van der Waals surface area contributed by atoms with Gasteiger partial charge in [-0.15, -0.1) is 0 Å². The Balaban J connectivity index is 2.38. The number of nitrogens with zero attached hydrogens (tertiary/aromatic N) is 1. The molecule has 0 bridgehead atoms. The van der Waals surface area contributed by atoms with Gasteiger partial charge in [0.05, 0.1) is 19.3 Å². The molecule has 1 aromatic rings. The molecule has 0 saturated carbocycles. The molecule has 0 aromatic heterocycles. The second-order valence-electron chi connectivity index (χ2n) is 4.51. The molecule has 18 heavy (non-hydrogen) atoms. The van der Waals surface area contributed by atoms with Crippen LogP contribution in [0.2, 0.25) is 0 Å². The zero-order valence-corrected chi connectivity index (χ0v) is 11.0. The minimum atomic E-state index is -0.821. The van der Waals surface area contributed by atoms with Crippen LogP contribution in [0.4, 0.5) is 0 Å². The SMILES string of the molecule is COCCc1ccc(OCCC(C)(N)C#N)cc1. The number of nitriles is 1. The van der Waals surface area contributed by atoms with Gasteiger partial charge < -0.3 is 15.2 Å². The first-order valence-corrected chi connectivity index (χ1v) is 5.98. The lowest BCUT2D eigenvalue weighted by atomic mass is 10.0. The second kappa shape index (κ2) is 7.00. The zero-order valence-electron chi connectivity index (χ0n) is 11.0. The van der Waals surface area contributed by atoms with E-state index in [4.69, 9.17) is 20.5 Å². The highest BCUT2D eigenvalue weighted by molar-refractivity contribution is 5.27. The minimum Gasteiger partial charge on any atom is -0.493 e. The highest BCUT2D eigenvalue weighted by Gasteiger charge is 2.16. The van der Waals surface area contributed by atoms with Crippen LogP contribution in [-0.4, -0.2) is 25.9 Å². The molecule has 0 saturated heterocycles. The predicted octanol–water partition coefficient (Wildman–Crippen LogP) is 1.89. The van der Waals surface area contributed by atoms with Gasteiger partial charge in [0.25, 0.3) is 0 Å². The summed E-state index contributed by atoms with van der Waals surface area (Å²) in [5.74, 6) is 0.796. The molecule has 0 heterocycles. The van der Waals surface area contributed by atoms with Crippen LogP contribution in [0.25, 0.3) is 0 Å².